The van der Waals surface area contributed by atoms with Crippen molar-refractivity contribution in [1.29, 1.82) is 0 Å². The third kappa shape index (κ3) is 3.04. The number of rotatable bonds is 3. The molecule has 0 atom stereocenters. The van der Waals surface area contributed by atoms with E-state index in [-0.39, 0.29) is 21.5 Å². The molecule has 0 spiro atoms. The van der Waals surface area contributed by atoms with E-state index in [2.05, 4.69) is 14.7 Å². The smallest absolute Gasteiger partial charge is 0.360 e. The van der Waals surface area contributed by atoms with Gasteiger partial charge < -0.3 is 4.98 Å². The number of pyridine rings is 1. The Kier molecular flexibility index (Phi) is 3.71. The molecule has 3 rings (SSSR count). The van der Waals surface area contributed by atoms with Gasteiger partial charge in [0.1, 0.15) is 10.7 Å². The van der Waals surface area contributed by atoms with Crippen LogP contribution in [0.5, 0.6) is 0 Å². The van der Waals surface area contributed by atoms with Crippen LogP contribution in [0.4, 0.5) is 23.2 Å². The highest BCUT2D eigenvalue weighted by atomic mass is 32.2. The van der Waals surface area contributed by atoms with E-state index in [0.717, 1.165) is 42.9 Å². The molecule has 10 heteroatoms. The number of anilines is 1. The summed E-state index contributed by atoms with van der Waals surface area (Å²) < 4.78 is 78.0. The molecule has 0 saturated carbocycles. The van der Waals surface area contributed by atoms with Crippen molar-refractivity contribution in [2.24, 2.45) is 0 Å². The number of halogens is 4. The number of nitrogens with one attached hydrogen (secondary N) is 2. The molecule has 0 aliphatic carbocycles. The molecule has 0 unspecified atom stereocenters. The summed E-state index contributed by atoms with van der Waals surface area (Å²) in [4.78, 5) is 5.76. The van der Waals surface area contributed by atoms with E-state index >= 15 is 0 Å². The first-order valence-electron chi connectivity index (χ1n) is 6.48. The summed E-state index contributed by atoms with van der Waals surface area (Å²) in [6.45, 7) is 0. The van der Waals surface area contributed by atoms with Gasteiger partial charge in [0, 0.05) is 23.2 Å². The third-order valence-electron chi connectivity index (χ3n) is 3.22. The van der Waals surface area contributed by atoms with Crippen molar-refractivity contribution in [2.75, 3.05) is 4.72 Å². The minimum atomic E-state index is -4.54. The van der Waals surface area contributed by atoms with E-state index in [9.17, 15) is 26.0 Å². The quantitative estimate of drug-likeness (QED) is 0.703. The van der Waals surface area contributed by atoms with Crippen molar-refractivity contribution in [3.8, 4) is 0 Å². The topological polar surface area (TPSA) is 74.8 Å². The minimum absolute atomic E-state index is 0.0163. The molecule has 2 heterocycles. The lowest BCUT2D eigenvalue weighted by molar-refractivity contribution is -0.137. The van der Waals surface area contributed by atoms with Gasteiger partial charge in [0.25, 0.3) is 10.0 Å². The first-order valence-corrected chi connectivity index (χ1v) is 7.97. The largest absolute Gasteiger partial charge is 0.416 e. The summed E-state index contributed by atoms with van der Waals surface area (Å²) in [5, 5.41) is 0.0832. The van der Waals surface area contributed by atoms with E-state index in [1.54, 1.807) is 0 Å². The lowest BCUT2D eigenvalue weighted by Crippen LogP contribution is -2.13. The summed E-state index contributed by atoms with van der Waals surface area (Å²) in [6.07, 6.45) is -1.46. The molecule has 3 aromatic rings. The van der Waals surface area contributed by atoms with Gasteiger partial charge in [-0.05, 0) is 12.1 Å². The molecular weight excluding hydrogens is 350 g/mol. The summed E-state index contributed by atoms with van der Waals surface area (Å²) in [5.41, 5.74) is -0.984. The first-order chi connectivity index (χ1) is 11.2. The van der Waals surface area contributed by atoms with E-state index in [4.69, 9.17) is 0 Å². The Morgan fingerprint density at radius 1 is 1.12 bits per heavy atom. The SMILES string of the molecule is O=S(=O)(Nc1cncc(F)c1)c1c[nH]c2cc(C(F)(F)F)ccc12. The molecule has 0 radical (unpaired) electrons. The Bertz CT molecular complexity index is 1010. The standard InChI is InChI=1S/C14H9F4N3O2S/c15-9-4-10(6-19-5-9)21-24(22,23)13-7-20-12-3-8(14(16,17)18)1-2-11(12)13/h1-7,20-21H. The molecule has 2 N–H and O–H groups in total. The molecule has 0 aliphatic heterocycles. The van der Waals surface area contributed by atoms with Gasteiger partial charge in [-0.15, -0.1) is 0 Å². The van der Waals surface area contributed by atoms with Crippen molar-refractivity contribution >= 4 is 26.6 Å². The lowest BCUT2D eigenvalue weighted by atomic mass is 10.1. The summed E-state index contributed by atoms with van der Waals surface area (Å²) >= 11 is 0. The molecule has 0 saturated heterocycles. The molecule has 1 aromatic carbocycles. The average molecular weight is 359 g/mol. The highest BCUT2D eigenvalue weighted by molar-refractivity contribution is 7.93. The zero-order chi connectivity index (χ0) is 17.5. The van der Waals surface area contributed by atoms with Gasteiger partial charge in [0.05, 0.1) is 23.6 Å². The zero-order valence-corrected chi connectivity index (χ0v) is 12.5. The van der Waals surface area contributed by atoms with Gasteiger partial charge in [-0.1, -0.05) is 6.07 Å². The number of aromatic nitrogens is 2. The number of alkyl halides is 3. The van der Waals surface area contributed by atoms with Crippen LogP contribution in [0.15, 0.2) is 47.8 Å². The van der Waals surface area contributed by atoms with E-state index in [0.29, 0.717) is 0 Å². The van der Waals surface area contributed by atoms with Crippen molar-refractivity contribution in [3.63, 3.8) is 0 Å². The Morgan fingerprint density at radius 3 is 2.54 bits per heavy atom. The van der Waals surface area contributed by atoms with Crippen molar-refractivity contribution in [1.82, 2.24) is 9.97 Å². The fourth-order valence-electron chi connectivity index (χ4n) is 2.18. The van der Waals surface area contributed by atoms with Crippen LogP contribution in [-0.4, -0.2) is 18.4 Å². The Labute approximate surface area is 133 Å². The van der Waals surface area contributed by atoms with Crippen molar-refractivity contribution in [2.45, 2.75) is 11.1 Å². The maximum atomic E-state index is 13.1. The summed E-state index contributed by atoms with van der Waals surface area (Å²) in [7, 11) is -4.13. The average Bonchev–Trinajstić information content (AvgIpc) is 2.89. The fourth-order valence-corrected chi connectivity index (χ4v) is 3.39. The second-order valence-corrected chi connectivity index (χ2v) is 6.56. The first kappa shape index (κ1) is 16.2. The molecule has 126 valence electrons. The van der Waals surface area contributed by atoms with E-state index in [1.165, 1.54) is 0 Å². The third-order valence-corrected chi connectivity index (χ3v) is 4.64. The van der Waals surface area contributed by atoms with Gasteiger partial charge in [0.2, 0.25) is 0 Å². The van der Waals surface area contributed by atoms with Crippen molar-refractivity contribution < 1.29 is 26.0 Å². The summed E-state index contributed by atoms with van der Waals surface area (Å²) in [5.74, 6) is -0.732. The molecular formula is C14H9F4N3O2S. The minimum Gasteiger partial charge on any atom is -0.360 e. The van der Waals surface area contributed by atoms with Crippen LogP contribution in [0.2, 0.25) is 0 Å². The number of benzene rings is 1. The van der Waals surface area contributed by atoms with Crippen LogP contribution < -0.4 is 4.72 Å². The number of hydrogen-bond donors (Lipinski definition) is 2. The molecule has 0 bridgehead atoms. The maximum absolute atomic E-state index is 13.1. The van der Waals surface area contributed by atoms with Crippen molar-refractivity contribution in [3.05, 3.63) is 54.2 Å². The number of fused-ring (bicyclic) bond motifs is 1. The Morgan fingerprint density at radius 2 is 1.88 bits per heavy atom. The monoisotopic (exact) mass is 359 g/mol. The predicted molar refractivity (Wildman–Crippen MR) is 78.3 cm³/mol. The van der Waals surface area contributed by atoms with Gasteiger partial charge in [-0.3, -0.25) is 9.71 Å². The van der Waals surface area contributed by atoms with Crippen LogP contribution in [0, 0.1) is 5.82 Å². The zero-order valence-electron chi connectivity index (χ0n) is 11.7. The number of sulfonamides is 1. The highest BCUT2D eigenvalue weighted by Gasteiger charge is 2.31. The van der Waals surface area contributed by atoms with Crippen LogP contribution in [0.1, 0.15) is 5.56 Å². The Hall–Kier alpha value is -2.62. The second kappa shape index (κ2) is 5.48. The van der Waals surface area contributed by atoms with Gasteiger partial charge in [-0.2, -0.15) is 13.2 Å². The second-order valence-electron chi connectivity index (χ2n) is 4.91. The van der Waals surface area contributed by atoms with Gasteiger partial charge in [0.15, 0.2) is 0 Å². The number of aromatic amines is 1. The lowest BCUT2D eigenvalue weighted by Gasteiger charge is -2.08. The predicted octanol–water partition coefficient (Wildman–Crippen LogP) is 3.52. The molecule has 5 nitrogen and oxygen atoms in total. The number of hydrogen-bond acceptors (Lipinski definition) is 3. The molecule has 2 aromatic heterocycles. The molecule has 0 fully saturated rings. The molecule has 0 amide bonds. The van der Waals surface area contributed by atoms with Gasteiger partial charge >= 0.3 is 6.18 Å². The highest BCUT2D eigenvalue weighted by Crippen LogP contribution is 2.33. The van der Waals surface area contributed by atoms with E-state index in [1.807, 2.05) is 0 Å². The van der Waals surface area contributed by atoms with E-state index < -0.39 is 27.6 Å². The fraction of sp³-hybridized carbons (Fsp3) is 0.0714. The normalized spacial score (nSPS) is 12.5. The number of H-pyrrole nitrogens is 1. The van der Waals surface area contributed by atoms with Crippen LogP contribution in [0.25, 0.3) is 10.9 Å². The van der Waals surface area contributed by atoms with Crippen LogP contribution >= 0.6 is 0 Å². The summed E-state index contributed by atoms with van der Waals surface area (Å²) in [6, 6.07) is 3.60. The van der Waals surface area contributed by atoms with Gasteiger partial charge in [-0.25, -0.2) is 12.8 Å². The number of nitrogens with zero attached hydrogens (tertiary/aromatic N) is 1. The maximum Gasteiger partial charge on any atom is 0.416 e. The Balaban J connectivity index is 2.02. The van der Waals surface area contributed by atoms with Crippen LogP contribution in [0.3, 0.4) is 0 Å². The van der Waals surface area contributed by atoms with Crippen LogP contribution in [-0.2, 0) is 16.2 Å². The molecule has 0 aliphatic rings. The molecule has 24 heavy (non-hydrogen) atoms.